The van der Waals surface area contributed by atoms with E-state index in [1.807, 2.05) is 5.32 Å². The Balaban J connectivity index is 1.93. The Labute approximate surface area is 212 Å². The maximum atomic E-state index is 13.3. The van der Waals surface area contributed by atoms with Gasteiger partial charge in [-0.2, -0.15) is 13.2 Å². The van der Waals surface area contributed by atoms with Crippen LogP contribution in [0.3, 0.4) is 0 Å². The fourth-order valence-corrected chi connectivity index (χ4v) is 3.57. The molecular weight excluding hydrogens is 524 g/mol. The van der Waals surface area contributed by atoms with Gasteiger partial charge in [-0.3, -0.25) is 19.9 Å². The fraction of sp³-hybridized carbons (Fsp3) is 0.391. The topological polar surface area (TPSA) is 104 Å². The lowest BCUT2D eigenvalue weighted by molar-refractivity contribution is -0.274. The van der Waals surface area contributed by atoms with Crippen LogP contribution >= 0.6 is 0 Å². The van der Waals surface area contributed by atoms with Gasteiger partial charge in [0, 0.05) is 18.9 Å². The van der Waals surface area contributed by atoms with Gasteiger partial charge in [0.05, 0.1) is 24.0 Å². The molecule has 0 saturated carbocycles. The van der Waals surface area contributed by atoms with Gasteiger partial charge in [-0.15, -0.1) is 13.2 Å². The maximum Gasteiger partial charge on any atom is 0.573 e. The van der Waals surface area contributed by atoms with Crippen LogP contribution in [0.2, 0.25) is 0 Å². The fourth-order valence-electron chi connectivity index (χ4n) is 3.57. The van der Waals surface area contributed by atoms with Gasteiger partial charge in [0.25, 0.3) is 5.91 Å². The first kappa shape index (κ1) is 28.7. The number of alkyl halides is 6. The van der Waals surface area contributed by atoms with Crippen LogP contribution in [0.15, 0.2) is 42.7 Å². The number of hydrogen-bond acceptors (Lipinski definition) is 6. The lowest BCUT2D eigenvalue weighted by atomic mass is 10.0. The summed E-state index contributed by atoms with van der Waals surface area (Å²) in [5.41, 5.74) is -1.48. The molecule has 3 rings (SSSR count). The van der Waals surface area contributed by atoms with E-state index in [1.165, 1.54) is 31.1 Å². The minimum absolute atomic E-state index is 0.0256. The number of halogens is 6. The summed E-state index contributed by atoms with van der Waals surface area (Å²) in [6.45, 7) is 2.56. The third-order valence-electron chi connectivity index (χ3n) is 5.62. The number of carbonyl (C=O) groups is 3. The number of rotatable bonds is 8. The Morgan fingerprint density at radius 3 is 2.29 bits per heavy atom. The molecule has 38 heavy (non-hydrogen) atoms. The minimum atomic E-state index is -5.18. The third kappa shape index (κ3) is 6.70. The molecule has 0 bridgehead atoms. The van der Waals surface area contributed by atoms with Gasteiger partial charge in [-0.25, -0.2) is 9.69 Å². The van der Waals surface area contributed by atoms with Crippen LogP contribution in [-0.4, -0.2) is 58.4 Å². The Morgan fingerprint density at radius 1 is 1.08 bits per heavy atom. The summed E-state index contributed by atoms with van der Waals surface area (Å²) in [6, 6.07) is 3.73. The molecule has 2 heterocycles. The van der Waals surface area contributed by atoms with Crippen molar-refractivity contribution in [3.05, 3.63) is 48.3 Å². The molecule has 1 aromatic carbocycles. The van der Waals surface area contributed by atoms with Crippen molar-refractivity contribution >= 4 is 29.2 Å². The van der Waals surface area contributed by atoms with Crippen LogP contribution in [0.25, 0.3) is 0 Å². The Kier molecular flexibility index (Phi) is 7.91. The smallest absolute Gasteiger partial charge is 0.404 e. The highest BCUT2D eigenvalue weighted by Gasteiger charge is 2.52. The molecule has 1 fully saturated rings. The molecule has 1 unspecified atom stereocenters. The van der Waals surface area contributed by atoms with Crippen molar-refractivity contribution in [1.29, 1.82) is 0 Å². The van der Waals surface area contributed by atoms with Crippen LogP contribution in [0.1, 0.15) is 26.3 Å². The van der Waals surface area contributed by atoms with Gasteiger partial charge < -0.3 is 15.0 Å². The van der Waals surface area contributed by atoms with Crippen LogP contribution in [-0.2, 0) is 16.1 Å². The highest BCUT2D eigenvalue weighted by Crippen LogP contribution is 2.38. The monoisotopic (exact) mass is 547 g/mol. The predicted octanol–water partition coefficient (Wildman–Crippen LogP) is 4.21. The van der Waals surface area contributed by atoms with Crippen molar-refractivity contribution in [1.82, 2.24) is 15.2 Å². The molecule has 2 aromatic rings. The zero-order valence-electron chi connectivity index (χ0n) is 20.3. The van der Waals surface area contributed by atoms with Crippen molar-refractivity contribution < 1.29 is 45.5 Å². The molecule has 0 radical (unpaired) electrons. The molecule has 1 atom stereocenters. The molecular formula is C23H23F6N5O4. The molecule has 0 spiro atoms. The highest BCUT2D eigenvalue weighted by atomic mass is 19.4. The first-order chi connectivity index (χ1) is 17.5. The Morgan fingerprint density at radius 2 is 1.71 bits per heavy atom. The number of aromatic nitrogens is 1. The molecule has 2 N–H and O–H groups in total. The Hall–Kier alpha value is -3.88. The number of nitrogens with one attached hydrogen (secondary N) is 2. The van der Waals surface area contributed by atoms with E-state index >= 15 is 0 Å². The quantitative estimate of drug-likeness (QED) is 0.379. The number of urea groups is 1. The van der Waals surface area contributed by atoms with Gasteiger partial charge in [0.2, 0.25) is 5.91 Å². The first-order valence-electron chi connectivity index (χ1n) is 11.1. The van der Waals surface area contributed by atoms with Gasteiger partial charge >= 0.3 is 18.6 Å². The minimum Gasteiger partial charge on any atom is -0.404 e. The van der Waals surface area contributed by atoms with E-state index in [1.54, 1.807) is 12.1 Å². The van der Waals surface area contributed by atoms with Gasteiger partial charge in [-0.05, 0) is 56.7 Å². The standard InChI is InChI=1S/C23H23F6N5O4/c1-13(31-12-22(24,25)26)18(35)32-16-10-15(4-5-17(16)38-23(27,28)29)34-19(36)21(2,3)33(20(34)37)11-14-6-8-30-9-7-14/h4-10,13,31H,11-12H2,1-3H3,(H,32,35). The lowest BCUT2D eigenvalue weighted by Crippen LogP contribution is -2.43. The first-order valence-corrected chi connectivity index (χ1v) is 11.1. The van der Waals surface area contributed by atoms with E-state index in [9.17, 15) is 40.7 Å². The second-order valence-electron chi connectivity index (χ2n) is 8.86. The second-order valence-corrected chi connectivity index (χ2v) is 8.86. The average molecular weight is 547 g/mol. The molecule has 1 aliphatic rings. The molecule has 1 saturated heterocycles. The molecule has 1 aromatic heterocycles. The van der Waals surface area contributed by atoms with Gasteiger partial charge in [0.15, 0.2) is 5.75 Å². The predicted molar refractivity (Wildman–Crippen MR) is 122 cm³/mol. The van der Waals surface area contributed by atoms with Crippen LogP contribution < -0.4 is 20.3 Å². The number of imide groups is 1. The number of benzene rings is 1. The van der Waals surface area contributed by atoms with Crippen LogP contribution in [0, 0.1) is 0 Å². The number of ether oxygens (including phenoxy) is 1. The molecule has 4 amide bonds. The summed E-state index contributed by atoms with van der Waals surface area (Å²) in [5, 5.41) is 3.97. The van der Waals surface area contributed by atoms with E-state index < -0.39 is 59.9 Å². The number of amides is 4. The van der Waals surface area contributed by atoms with Crippen LogP contribution in [0.4, 0.5) is 42.5 Å². The normalized spacial score (nSPS) is 16.6. The van der Waals surface area contributed by atoms with Gasteiger partial charge in [-0.1, -0.05) is 0 Å². The van der Waals surface area contributed by atoms with E-state index in [2.05, 4.69) is 15.0 Å². The molecule has 15 heteroatoms. The number of pyridine rings is 1. The summed E-state index contributed by atoms with van der Waals surface area (Å²) in [4.78, 5) is 44.8. The van der Waals surface area contributed by atoms with E-state index in [0.717, 1.165) is 30.0 Å². The molecule has 206 valence electrons. The molecule has 9 nitrogen and oxygen atoms in total. The number of nitrogens with zero attached hydrogens (tertiary/aromatic N) is 3. The summed E-state index contributed by atoms with van der Waals surface area (Å²) in [7, 11) is 0. The van der Waals surface area contributed by atoms with Gasteiger partial charge in [0.1, 0.15) is 5.54 Å². The summed E-state index contributed by atoms with van der Waals surface area (Å²) >= 11 is 0. The number of hydrogen-bond donors (Lipinski definition) is 2. The van der Waals surface area contributed by atoms with Crippen molar-refractivity contribution in [2.45, 2.75) is 51.4 Å². The molecule has 1 aliphatic heterocycles. The van der Waals surface area contributed by atoms with E-state index in [0.29, 0.717) is 5.56 Å². The van der Waals surface area contributed by atoms with E-state index in [-0.39, 0.29) is 12.2 Å². The molecule has 0 aliphatic carbocycles. The van der Waals surface area contributed by atoms with Crippen LogP contribution in [0.5, 0.6) is 5.75 Å². The Bertz CT molecular complexity index is 1200. The zero-order chi connectivity index (χ0) is 28.5. The zero-order valence-corrected chi connectivity index (χ0v) is 20.3. The van der Waals surface area contributed by atoms with Crippen molar-refractivity contribution in [3.8, 4) is 5.75 Å². The number of carbonyl (C=O) groups excluding carboxylic acids is 3. The summed E-state index contributed by atoms with van der Waals surface area (Å²) < 4.78 is 80.2. The average Bonchev–Trinajstić information content (AvgIpc) is 2.97. The lowest BCUT2D eigenvalue weighted by Gasteiger charge is -2.27. The third-order valence-corrected chi connectivity index (χ3v) is 5.62. The summed E-state index contributed by atoms with van der Waals surface area (Å²) in [6.07, 6.45) is -6.81. The highest BCUT2D eigenvalue weighted by molar-refractivity contribution is 6.23. The maximum absolute atomic E-state index is 13.3. The SMILES string of the molecule is CC(NCC(F)(F)F)C(=O)Nc1cc(N2C(=O)N(Cc3ccncc3)C(C)(C)C2=O)ccc1OC(F)(F)F. The second kappa shape index (κ2) is 10.5. The summed E-state index contributed by atoms with van der Waals surface area (Å²) in [5.74, 6) is -2.71. The van der Waals surface area contributed by atoms with E-state index in [4.69, 9.17) is 0 Å². The largest absolute Gasteiger partial charge is 0.573 e. The van der Waals surface area contributed by atoms with Crippen molar-refractivity contribution in [2.24, 2.45) is 0 Å². The number of anilines is 2. The van der Waals surface area contributed by atoms with Crippen molar-refractivity contribution in [2.75, 3.05) is 16.8 Å². The van der Waals surface area contributed by atoms with Crippen molar-refractivity contribution in [3.63, 3.8) is 0 Å².